The molecule has 1 unspecified atom stereocenters. The van der Waals surface area contributed by atoms with Crippen molar-refractivity contribution in [2.75, 3.05) is 26.1 Å². The first-order chi connectivity index (χ1) is 11.6. The number of ether oxygens (including phenoxy) is 2. The van der Waals surface area contributed by atoms with E-state index in [1.165, 1.54) is 0 Å². The molecule has 2 aromatic rings. The van der Waals surface area contributed by atoms with Gasteiger partial charge in [-0.2, -0.15) is 0 Å². The lowest BCUT2D eigenvalue weighted by Gasteiger charge is -2.17. The molecule has 24 heavy (non-hydrogen) atoms. The molecule has 0 radical (unpaired) electrons. The zero-order valence-corrected chi connectivity index (χ0v) is 13.6. The van der Waals surface area contributed by atoms with E-state index in [2.05, 4.69) is 10.6 Å². The van der Waals surface area contributed by atoms with Crippen molar-refractivity contribution >= 4 is 17.5 Å². The van der Waals surface area contributed by atoms with Crippen molar-refractivity contribution in [1.82, 2.24) is 5.32 Å². The van der Waals surface area contributed by atoms with Crippen LogP contribution in [0.3, 0.4) is 0 Å². The Morgan fingerprint density at radius 1 is 1.00 bits per heavy atom. The minimum absolute atomic E-state index is 0.171. The van der Waals surface area contributed by atoms with Crippen molar-refractivity contribution in [2.45, 2.75) is 6.10 Å². The number of hydrogen-bond donors (Lipinski definition) is 2. The molecule has 6 heteroatoms. The Bertz CT molecular complexity index is 688. The lowest BCUT2D eigenvalue weighted by atomic mass is 10.1. The lowest BCUT2D eigenvalue weighted by Crippen LogP contribution is -2.37. The summed E-state index contributed by atoms with van der Waals surface area (Å²) in [5, 5.41) is 5.10. The molecule has 0 aliphatic carbocycles. The maximum Gasteiger partial charge on any atom is 0.313 e. The summed E-state index contributed by atoms with van der Waals surface area (Å²) in [6, 6.07) is 16.1. The molecule has 0 saturated carbocycles. The molecule has 0 aliphatic heterocycles. The van der Waals surface area contributed by atoms with Crippen molar-refractivity contribution in [3.05, 3.63) is 60.2 Å². The van der Waals surface area contributed by atoms with Crippen LogP contribution in [0.2, 0.25) is 0 Å². The Morgan fingerprint density at radius 3 is 2.42 bits per heavy atom. The van der Waals surface area contributed by atoms with Crippen LogP contribution in [-0.2, 0) is 14.3 Å². The molecule has 126 valence electrons. The van der Waals surface area contributed by atoms with Crippen LogP contribution in [0.4, 0.5) is 5.69 Å². The van der Waals surface area contributed by atoms with E-state index in [4.69, 9.17) is 9.47 Å². The van der Waals surface area contributed by atoms with Crippen LogP contribution in [-0.4, -0.2) is 32.6 Å². The van der Waals surface area contributed by atoms with Gasteiger partial charge in [-0.25, -0.2) is 0 Å². The van der Waals surface area contributed by atoms with Gasteiger partial charge >= 0.3 is 11.8 Å². The summed E-state index contributed by atoms with van der Waals surface area (Å²) in [6.45, 7) is 0.171. The number of para-hydroxylation sites is 1. The number of benzene rings is 2. The number of hydrogen-bond acceptors (Lipinski definition) is 4. The Balaban J connectivity index is 1.92. The number of rotatable bonds is 6. The third-order valence-corrected chi connectivity index (χ3v) is 3.44. The Morgan fingerprint density at radius 2 is 1.75 bits per heavy atom. The molecule has 2 rings (SSSR count). The first-order valence-electron chi connectivity index (χ1n) is 7.45. The summed E-state index contributed by atoms with van der Waals surface area (Å²) in [7, 11) is 3.12. The predicted octanol–water partition coefficient (Wildman–Crippen LogP) is 2.14. The molecule has 2 N–H and O–H groups in total. The van der Waals surface area contributed by atoms with E-state index in [-0.39, 0.29) is 12.6 Å². The van der Waals surface area contributed by atoms with Crippen molar-refractivity contribution in [3.63, 3.8) is 0 Å². The SMILES string of the molecule is COc1cccc(C(CNC(=O)C(=O)Nc2ccccc2)OC)c1. The third-order valence-electron chi connectivity index (χ3n) is 3.44. The Kier molecular flexibility index (Phi) is 6.33. The smallest absolute Gasteiger partial charge is 0.313 e. The second-order valence-electron chi connectivity index (χ2n) is 5.03. The number of carbonyl (C=O) groups is 2. The van der Waals surface area contributed by atoms with Gasteiger partial charge in [0, 0.05) is 19.3 Å². The summed E-state index contributed by atoms with van der Waals surface area (Å²) in [5.74, 6) is -0.742. The number of amides is 2. The second-order valence-corrected chi connectivity index (χ2v) is 5.03. The van der Waals surface area contributed by atoms with Crippen LogP contribution in [0.25, 0.3) is 0 Å². The third kappa shape index (κ3) is 4.82. The van der Waals surface area contributed by atoms with Gasteiger partial charge in [-0.05, 0) is 29.8 Å². The van der Waals surface area contributed by atoms with Crippen LogP contribution in [0, 0.1) is 0 Å². The van der Waals surface area contributed by atoms with Crippen LogP contribution in [0.5, 0.6) is 5.75 Å². The van der Waals surface area contributed by atoms with E-state index in [0.717, 1.165) is 5.56 Å². The first kappa shape index (κ1) is 17.5. The zero-order valence-electron chi connectivity index (χ0n) is 13.6. The number of carbonyl (C=O) groups excluding carboxylic acids is 2. The standard InChI is InChI=1S/C18H20N2O4/c1-23-15-10-6-7-13(11-15)16(24-2)12-19-17(21)18(22)20-14-8-4-3-5-9-14/h3-11,16H,12H2,1-2H3,(H,19,21)(H,20,22). The van der Waals surface area contributed by atoms with Gasteiger partial charge in [0.05, 0.1) is 13.2 Å². The predicted molar refractivity (Wildman–Crippen MR) is 90.8 cm³/mol. The molecule has 0 bridgehead atoms. The largest absolute Gasteiger partial charge is 0.497 e. The van der Waals surface area contributed by atoms with Crippen molar-refractivity contribution < 1.29 is 19.1 Å². The minimum Gasteiger partial charge on any atom is -0.497 e. The molecule has 2 aromatic carbocycles. The van der Waals surface area contributed by atoms with E-state index < -0.39 is 11.8 Å². The van der Waals surface area contributed by atoms with Gasteiger partial charge in [0.1, 0.15) is 5.75 Å². The number of methoxy groups -OCH3 is 2. The second kappa shape index (κ2) is 8.69. The fourth-order valence-electron chi connectivity index (χ4n) is 2.15. The zero-order chi connectivity index (χ0) is 17.4. The maximum absolute atomic E-state index is 11.9. The van der Waals surface area contributed by atoms with Gasteiger partial charge in [0.15, 0.2) is 0 Å². The molecule has 0 spiro atoms. The van der Waals surface area contributed by atoms with E-state index in [0.29, 0.717) is 11.4 Å². The molecule has 0 aromatic heterocycles. The van der Waals surface area contributed by atoms with Gasteiger partial charge in [0.25, 0.3) is 0 Å². The fraction of sp³-hybridized carbons (Fsp3) is 0.222. The van der Waals surface area contributed by atoms with Crippen LogP contribution >= 0.6 is 0 Å². The van der Waals surface area contributed by atoms with E-state index in [1.54, 1.807) is 38.5 Å². The van der Waals surface area contributed by atoms with Gasteiger partial charge < -0.3 is 20.1 Å². The molecule has 0 heterocycles. The van der Waals surface area contributed by atoms with Gasteiger partial charge in [-0.15, -0.1) is 0 Å². The average molecular weight is 328 g/mol. The summed E-state index contributed by atoms with van der Waals surface area (Å²) in [6.07, 6.45) is -0.381. The molecule has 6 nitrogen and oxygen atoms in total. The topological polar surface area (TPSA) is 76.7 Å². The first-order valence-corrected chi connectivity index (χ1v) is 7.45. The fourth-order valence-corrected chi connectivity index (χ4v) is 2.15. The molecular weight excluding hydrogens is 308 g/mol. The molecule has 0 saturated heterocycles. The van der Waals surface area contributed by atoms with Gasteiger partial charge in [0.2, 0.25) is 0 Å². The van der Waals surface area contributed by atoms with E-state index in [1.807, 2.05) is 30.3 Å². The van der Waals surface area contributed by atoms with Crippen LogP contribution in [0.15, 0.2) is 54.6 Å². The summed E-state index contributed by atoms with van der Waals surface area (Å²) in [4.78, 5) is 23.8. The van der Waals surface area contributed by atoms with Crippen molar-refractivity contribution in [2.24, 2.45) is 0 Å². The molecular formula is C18H20N2O4. The van der Waals surface area contributed by atoms with E-state index >= 15 is 0 Å². The summed E-state index contributed by atoms with van der Waals surface area (Å²) < 4.78 is 10.6. The minimum atomic E-state index is -0.721. The summed E-state index contributed by atoms with van der Waals surface area (Å²) >= 11 is 0. The highest BCUT2D eigenvalue weighted by molar-refractivity contribution is 6.39. The monoisotopic (exact) mass is 328 g/mol. The van der Waals surface area contributed by atoms with Crippen molar-refractivity contribution in [3.8, 4) is 5.75 Å². The number of anilines is 1. The lowest BCUT2D eigenvalue weighted by molar-refractivity contribution is -0.136. The molecule has 0 aliphatic rings. The maximum atomic E-state index is 11.9. The number of nitrogens with one attached hydrogen (secondary N) is 2. The van der Waals surface area contributed by atoms with E-state index in [9.17, 15) is 9.59 Å². The Hall–Kier alpha value is -2.86. The van der Waals surface area contributed by atoms with Crippen LogP contribution in [0.1, 0.15) is 11.7 Å². The average Bonchev–Trinajstić information content (AvgIpc) is 2.63. The normalized spacial score (nSPS) is 11.4. The van der Waals surface area contributed by atoms with Crippen molar-refractivity contribution in [1.29, 1.82) is 0 Å². The molecule has 1 atom stereocenters. The quantitative estimate of drug-likeness (QED) is 0.797. The van der Waals surface area contributed by atoms with Gasteiger partial charge in [-0.1, -0.05) is 30.3 Å². The summed E-state index contributed by atoms with van der Waals surface area (Å²) in [5.41, 5.74) is 1.41. The highest BCUT2D eigenvalue weighted by Gasteiger charge is 2.17. The van der Waals surface area contributed by atoms with Crippen LogP contribution < -0.4 is 15.4 Å². The van der Waals surface area contributed by atoms with Gasteiger partial charge in [-0.3, -0.25) is 9.59 Å². The highest BCUT2D eigenvalue weighted by atomic mass is 16.5. The highest BCUT2D eigenvalue weighted by Crippen LogP contribution is 2.20. The molecule has 2 amide bonds. The molecule has 0 fully saturated rings. The Labute approximate surface area is 140 Å².